The number of carbonyl (C=O) groups is 1. The molecule has 32 heavy (non-hydrogen) atoms. The normalized spacial score (nSPS) is 14.4. The molecule has 3 aromatic carbocycles. The van der Waals surface area contributed by atoms with Crippen molar-refractivity contribution in [3.63, 3.8) is 0 Å². The van der Waals surface area contributed by atoms with Crippen LogP contribution in [0.25, 0.3) is 0 Å². The molecule has 0 aromatic heterocycles. The zero-order chi connectivity index (χ0) is 22.6. The molecule has 1 N–H and O–H groups in total. The molecule has 0 spiro atoms. The Morgan fingerprint density at radius 3 is 2.09 bits per heavy atom. The van der Waals surface area contributed by atoms with Gasteiger partial charge in [-0.1, -0.05) is 30.3 Å². The van der Waals surface area contributed by atoms with Gasteiger partial charge < -0.3 is 9.80 Å². The summed E-state index contributed by atoms with van der Waals surface area (Å²) in [5.74, 6) is -0.526. The summed E-state index contributed by atoms with van der Waals surface area (Å²) in [6.45, 7) is 2.92. The van der Waals surface area contributed by atoms with Gasteiger partial charge in [0, 0.05) is 44.0 Å². The van der Waals surface area contributed by atoms with Gasteiger partial charge in [0.2, 0.25) is 10.0 Å². The highest BCUT2D eigenvalue weighted by Gasteiger charge is 2.22. The third-order valence-corrected chi connectivity index (χ3v) is 6.90. The predicted octanol–water partition coefficient (Wildman–Crippen LogP) is 3.27. The summed E-state index contributed by atoms with van der Waals surface area (Å²) in [6.07, 6.45) is 0. The Bertz CT molecular complexity index is 1160. The minimum atomic E-state index is -3.74. The summed E-state index contributed by atoms with van der Waals surface area (Å²) < 4.78 is 40.2. The van der Waals surface area contributed by atoms with Crippen LogP contribution in [0.2, 0.25) is 0 Å². The van der Waals surface area contributed by atoms with Gasteiger partial charge in [0.25, 0.3) is 5.91 Å². The molecule has 1 saturated heterocycles. The number of nitrogens with zero attached hydrogens (tertiary/aromatic N) is 2. The molecule has 0 saturated carbocycles. The quantitative estimate of drug-likeness (QED) is 0.622. The van der Waals surface area contributed by atoms with E-state index in [1.54, 1.807) is 24.3 Å². The number of halogens is 1. The highest BCUT2D eigenvalue weighted by Crippen LogP contribution is 2.17. The average Bonchev–Trinajstić information content (AvgIpc) is 2.84. The van der Waals surface area contributed by atoms with Gasteiger partial charge in [-0.05, 0) is 54.1 Å². The van der Waals surface area contributed by atoms with Crippen molar-refractivity contribution >= 4 is 21.6 Å². The number of amides is 1. The SMILES string of the molecule is O=C(c1ccc(CNS(=O)(=O)c2ccc(F)cc2)cc1)N1CCN(c2ccccc2)CC1. The second-order valence-electron chi connectivity index (χ2n) is 7.59. The number of benzene rings is 3. The molecular formula is C24H24FN3O3S. The fraction of sp³-hybridized carbons (Fsp3) is 0.208. The van der Waals surface area contributed by atoms with Crippen molar-refractivity contribution in [2.45, 2.75) is 11.4 Å². The molecule has 1 fully saturated rings. The van der Waals surface area contributed by atoms with Crippen LogP contribution in [0.5, 0.6) is 0 Å². The number of hydrogen-bond acceptors (Lipinski definition) is 4. The van der Waals surface area contributed by atoms with Gasteiger partial charge in [0.15, 0.2) is 0 Å². The molecule has 1 amide bonds. The van der Waals surface area contributed by atoms with Gasteiger partial charge >= 0.3 is 0 Å². The van der Waals surface area contributed by atoms with E-state index in [1.165, 1.54) is 12.1 Å². The summed E-state index contributed by atoms with van der Waals surface area (Å²) in [4.78, 5) is 17.0. The first-order valence-corrected chi connectivity index (χ1v) is 11.8. The Hall–Kier alpha value is -3.23. The maximum atomic E-state index is 13.0. The van der Waals surface area contributed by atoms with E-state index in [-0.39, 0.29) is 17.3 Å². The molecule has 0 unspecified atom stereocenters. The molecule has 1 heterocycles. The van der Waals surface area contributed by atoms with E-state index in [2.05, 4.69) is 21.8 Å². The highest BCUT2D eigenvalue weighted by molar-refractivity contribution is 7.89. The Morgan fingerprint density at radius 2 is 1.47 bits per heavy atom. The molecule has 1 aliphatic rings. The first kappa shape index (κ1) is 22.0. The highest BCUT2D eigenvalue weighted by atomic mass is 32.2. The third-order valence-electron chi connectivity index (χ3n) is 5.48. The lowest BCUT2D eigenvalue weighted by molar-refractivity contribution is 0.0746. The smallest absolute Gasteiger partial charge is 0.253 e. The number of hydrogen-bond donors (Lipinski definition) is 1. The fourth-order valence-corrected chi connectivity index (χ4v) is 4.65. The van der Waals surface area contributed by atoms with E-state index >= 15 is 0 Å². The van der Waals surface area contributed by atoms with Crippen molar-refractivity contribution < 1.29 is 17.6 Å². The van der Waals surface area contributed by atoms with Crippen LogP contribution in [0.1, 0.15) is 15.9 Å². The van der Waals surface area contributed by atoms with Crippen LogP contribution in [-0.4, -0.2) is 45.4 Å². The van der Waals surface area contributed by atoms with Gasteiger partial charge in [-0.15, -0.1) is 0 Å². The number of anilines is 1. The minimum absolute atomic E-state index is 0.000318. The summed E-state index contributed by atoms with van der Waals surface area (Å²) in [5.41, 5.74) is 2.46. The van der Waals surface area contributed by atoms with Crippen molar-refractivity contribution in [1.82, 2.24) is 9.62 Å². The van der Waals surface area contributed by atoms with Gasteiger partial charge in [-0.2, -0.15) is 0 Å². The lowest BCUT2D eigenvalue weighted by Gasteiger charge is -2.36. The van der Waals surface area contributed by atoms with Crippen LogP contribution >= 0.6 is 0 Å². The van der Waals surface area contributed by atoms with Gasteiger partial charge in [-0.25, -0.2) is 17.5 Å². The van der Waals surface area contributed by atoms with Crippen LogP contribution in [0, 0.1) is 5.82 Å². The number of carbonyl (C=O) groups excluding carboxylic acids is 1. The molecule has 1 aliphatic heterocycles. The monoisotopic (exact) mass is 453 g/mol. The van der Waals surface area contributed by atoms with E-state index in [0.29, 0.717) is 18.7 Å². The lowest BCUT2D eigenvalue weighted by Crippen LogP contribution is -2.48. The van der Waals surface area contributed by atoms with E-state index in [0.717, 1.165) is 36.5 Å². The number of nitrogens with one attached hydrogen (secondary N) is 1. The number of para-hydroxylation sites is 1. The summed E-state index contributed by atoms with van der Waals surface area (Å²) in [5, 5.41) is 0. The van der Waals surface area contributed by atoms with Gasteiger partial charge in [0.05, 0.1) is 4.90 Å². The second kappa shape index (κ2) is 9.50. The molecule has 0 bridgehead atoms. The molecule has 3 aromatic rings. The second-order valence-corrected chi connectivity index (χ2v) is 9.36. The number of piperazine rings is 1. The molecule has 0 atom stereocenters. The minimum Gasteiger partial charge on any atom is -0.368 e. The first-order valence-electron chi connectivity index (χ1n) is 10.4. The van der Waals surface area contributed by atoms with E-state index < -0.39 is 15.8 Å². The Morgan fingerprint density at radius 1 is 0.844 bits per heavy atom. The van der Waals surface area contributed by atoms with Gasteiger partial charge in [-0.3, -0.25) is 4.79 Å². The molecule has 0 aliphatic carbocycles. The van der Waals surface area contributed by atoms with E-state index in [9.17, 15) is 17.6 Å². The Labute approximate surface area is 187 Å². The molecule has 6 nitrogen and oxygen atoms in total. The van der Waals surface area contributed by atoms with Crippen molar-refractivity contribution in [3.8, 4) is 0 Å². The molecule has 4 rings (SSSR count). The standard InChI is InChI=1S/C24H24FN3O3S/c25-21-10-12-23(13-11-21)32(30,31)26-18-19-6-8-20(9-7-19)24(29)28-16-14-27(15-17-28)22-4-2-1-3-5-22/h1-13,26H,14-18H2. The van der Waals surface area contributed by atoms with Crippen molar-refractivity contribution in [2.75, 3.05) is 31.1 Å². The van der Waals surface area contributed by atoms with Crippen molar-refractivity contribution in [3.05, 3.63) is 95.8 Å². The van der Waals surface area contributed by atoms with E-state index in [1.807, 2.05) is 23.1 Å². The van der Waals surface area contributed by atoms with Crippen LogP contribution < -0.4 is 9.62 Å². The van der Waals surface area contributed by atoms with Crippen LogP contribution in [0.3, 0.4) is 0 Å². The maximum absolute atomic E-state index is 13.0. The summed E-state index contributed by atoms with van der Waals surface area (Å²) in [7, 11) is -3.74. The molecule has 8 heteroatoms. The Balaban J connectivity index is 1.32. The lowest BCUT2D eigenvalue weighted by atomic mass is 10.1. The maximum Gasteiger partial charge on any atom is 0.253 e. The molecular weight excluding hydrogens is 429 g/mol. The number of rotatable bonds is 6. The zero-order valence-electron chi connectivity index (χ0n) is 17.4. The van der Waals surface area contributed by atoms with Crippen molar-refractivity contribution in [2.24, 2.45) is 0 Å². The van der Waals surface area contributed by atoms with E-state index in [4.69, 9.17) is 0 Å². The summed E-state index contributed by atoms with van der Waals surface area (Å²) >= 11 is 0. The largest absolute Gasteiger partial charge is 0.368 e. The topological polar surface area (TPSA) is 69.7 Å². The third kappa shape index (κ3) is 5.15. The van der Waals surface area contributed by atoms with Crippen LogP contribution in [0.4, 0.5) is 10.1 Å². The number of sulfonamides is 1. The fourth-order valence-electron chi connectivity index (χ4n) is 3.63. The summed E-state index contributed by atoms with van der Waals surface area (Å²) in [6, 6.07) is 21.7. The van der Waals surface area contributed by atoms with Crippen molar-refractivity contribution in [1.29, 1.82) is 0 Å². The Kier molecular flexibility index (Phi) is 6.53. The first-order chi connectivity index (χ1) is 15.4. The molecule has 166 valence electrons. The van der Waals surface area contributed by atoms with Crippen LogP contribution in [-0.2, 0) is 16.6 Å². The predicted molar refractivity (Wildman–Crippen MR) is 121 cm³/mol. The zero-order valence-corrected chi connectivity index (χ0v) is 18.3. The molecule has 0 radical (unpaired) electrons. The average molecular weight is 454 g/mol. The van der Waals surface area contributed by atoms with Gasteiger partial charge in [0.1, 0.15) is 5.82 Å². The van der Waals surface area contributed by atoms with Crippen LogP contribution in [0.15, 0.2) is 83.8 Å².